The van der Waals surface area contributed by atoms with Crippen molar-refractivity contribution in [3.63, 3.8) is 0 Å². The number of ether oxygens (including phenoxy) is 1. The quantitative estimate of drug-likeness (QED) is 0.862. The van der Waals surface area contributed by atoms with Gasteiger partial charge in [-0.05, 0) is 55.3 Å². The molecule has 0 aliphatic heterocycles. The third kappa shape index (κ3) is 4.07. The Morgan fingerprint density at radius 3 is 2.42 bits per heavy atom. The zero-order valence-electron chi connectivity index (χ0n) is 11.5. The Morgan fingerprint density at radius 1 is 1.11 bits per heavy atom. The summed E-state index contributed by atoms with van der Waals surface area (Å²) in [6.45, 7) is 3.12. The first-order chi connectivity index (χ1) is 9.29. The van der Waals surface area contributed by atoms with Crippen molar-refractivity contribution in [1.29, 1.82) is 0 Å². The maximum atomic E-state index is 5.15. The van der Waals surface area contributed by atoms with Crippen molar-refractivity contribution >= 4 is 0 Å². The molecule has 0 saturated carbocycles. The molecule has 2 rings (SSSR count). The fourth-order valence-corrected chi connectivity index (χ4v) is 2.00. The molecular weight excluding hydrogens is 236 g/mol. The molecule has 100 valence electrons. The van der Waals surface area contributed by atoms with E-state index in [4.69, 9.17) is 4.74 Å². The van der Waals surface area contributed by atoms with Crippen LogP contribution in [-0.4, -0.2) is 18.6 Å². The lowest BCUT2D eigenvalue weighted by molar-refractivity contribution is 0.414. The second-order valence-corrected chi connectivity index (χ2v) is 4.55. The molecule has 0 aliphatic rings. The Balaban J connectivity index is 1.79. The number of hydrogen-bond donors (Lipinski definition) is 1. The van der Waals surface area contributed by atoms with Crippen molar-refractivity contribution in [3.8, 4) is 5.75 Å². The molecule has 1 unspecified atom stereocenters. The Morgan fingerprint density at radius 2 is 1.79 bits per heavy atom. The number of nitrogens with one attached hydrogen (secondary N) is 1. The van der Waals surface area contributed by atoms with Crippen LogP contribution < -0.4 is 10.1 Å². The molecule has 1 atom stereocenters. The summed E-state index contributed by atoms with van der Waals surface area (Å²) < 4.78 is 5.15. The van der Waals surface area contributed by atoms with Crippen molar-refractivity contribution in [2.45, 2.75) is 19.4 Å². The van der Waals surface area contributed by atoms with E-state index in [0.29, 0.717) is 6.04 Å². The zero-order valence-corrected chi connectivity index (χ0v) is 11.5. The number of pyridine rings is 1. The SMILES string of the molecule is COc1ccc(CCNC(C)c2ccncc2)cc1. The van der Waals surface area contributed by atoms with Crippen LogP contribution in [0.5, 0.6) is 5.75 Å². The summed E-state index contributed by atoms with van der Waals surface area (Å²) >= 11 is 0. The monoisotopic (exact) mass is 256 g/mol. The van der Waals surface area contributed by atoms with Gasteiger partial charge in [0.25, 0.3) is 0 Å². The van der Waals surface area contributed by atoms with E-state index in [9.17, 15) is 0 Å². The third-order valence-electron chi connectivity index (χ3n) is 3.23. The number of aromatic nitrogens is 1. The lowest BCUT2D eigenvalue weighted by Gasteiger charge is -2.14. The van der Waals surface area contributed by atoms with E-state index in [-0.39, 0.29) is 0 Å². The standard InChI is InChI=1S/C16H20N2O/c1-13(15-8-10-17-11-9-15)18-12-7-14-3-5-16(19-2)6-4-14/h3-6,8-11,13,18H,7,12H2,1-2H3. The van der Waals surface area contributed by atoms with Crippen molar-refractivity contribution in [2.75, 3.05) is 13.7 Å². The fourth-order valence-electron chi connectivity index (χ4n) is 2.00. The van der Waals surface area contributed by atoms with Crippen LogP contribution in [0.3, 0.4) is 0 Å². The van der Waals surface area contributed by atoms with Crippen LogP contribution in [0.1, 0.15) is 24.1 Å². The van der Waals surface area contributed by atoms with E-state index < -0.39 is 0 Å². The molecule has 19 heavy (non-hydrogen) atoms. The van der Waals surface area contributed by atoms with E-state index in [1.165, 1.54) is 11.1 Å². The highest BCUT2D eigenvalue weighted by Gasteiger charge is 2.03. The van der Waals surface area contributed by atoms with Gasteiger partial charge < -0.3 is 10.1 Å². The number of methoxy groups -OCH3 is 1. The molecule has 1 N–H and O–H groups in total. The lowest BCUT2D eigenvalue weighted by atomic mass is 10.1. The molecule has 1 heterocycles. The summed E-state index contributed by atoms with van der Waals surface area (Å²) in [6.07, 6.45) is 4.67. The maximum Gasteiger partial charge on any atom is 0.118 e. The Labute approximate surface area is 114 Å². The van der Waals surface area contributed by atoms with Gasteiger partial charge in [-0.3, -0.25) is 4.98 Å². The van der Waals surface area contributed by atoms with Gasteiger partial charge in [0.15, 0.2) is 0 Å². The zero-order chi connectivity index (χ0) is 13.5. The Kier molecular flexibility index (Phi) is 4.93. The molecule has 0 aliphatic carbocycles. The smallest absolute Gasteiger partial charge is 0.118 e. The second kappa shape index (κ2) is 6.90. The molecule has 3 heteroatoms. The van der Waals surface area contributed by atoms with Crippen molar-refractivity contribution in [2.24, 2.45) is 0 Å². The predicted octanol–water partition coefficient (Wildman–Crippen LogP) is 2.98. The largest absolute Gasteiger partial charge is 0.497 e. The highest BCUT2D eigenvalue weighted by molar-refractivity contribution is 5.27. The number of nitrogens with zero attached hydrogens (tertiary/aromatic N) is 1. The summed E-state index contributed by atoms with van der Waals surface area (Å²) in [5.74, 6) is 0.905. The van der Waals surface area contributed by atoms with E-state index >= 15 is 0 Å². The van der Waals surface area contributed by atoms with Gasteiger partial charge in [0.1, 0.15) is 5.75 Å². The Bertz CT molecular complexity index is 482. The van der Waals surface area contributed by atoms with Gasteiger partial charge in [0.2, 0.25) is 0 Å². The molecule has 0 spiro atoms. The van der Waals surface area contributed by atoms with Crippen LogP contribution in [0.4, 0.5) is 0 Å². The van der Waals surface area contributed by atoms with Crippen LogP contribution in [0, 0.1) is 0 Å². The normalized spacial score (nSPS) is 12.1. The van der Waals surface area contributed by atoms with Crippen LogP contribution in [0.25, 0.3) is 0 Å². The number of benzene rings is 1. The first-order valence-corrected chi connectivity index (χ1v) is 6.56. The Hall–Kier alpha value is -1.87. The molecule has 0 bridgehead atoms. The highest BCUT2D eigenvalue weighted by atomic mass is 16.5. The number of rotatable bonds is 6. The predicted molar refractivity (Wildman–Crippen MR) is 77.4 cm³/mol. The summed E-state index contributed by atoms with van der Waals surface area (Å²) in [7, 11) is 1.69. The molecule has 0 amide bonds. The van der Waals surface area contributed by atoms with Crippen LogP contribution in [-0.2, 0) is 6.42 Å². The number of hydrogen-bond acceptors (Lipinski definition) is 3. The molecule has 3 nitrogen and oxygen atoms in total. The molecule has 1 aromatic heterocycles. The first-order valence-electron chi connectivity index (χ1n) is 6.56. The van der Waals surface area contributed by atoms with E-state index in [1.54, 1.807) is 7.11 Å². The van der Waals surface area contributed by atoms with Gasteiger partial charge >= 0.3 is 0 Å². The topological polar surface area (TPSA) is 34.1 Å². The van der Waals surface area contributed by atoms with Crippen molar-refractivity contribution in [1.82, 2.24) is 10.3 Å². The maximum absolute atomic E-state index is 5.15. The van der Waals surface area contributed by atoms with E-state index in [1.807, 2.05) is 36.7 Å². The molecule has 0 saturated heterocycles. The molecule has 0 fully saturated rings. The summed E-state index contributed by atoms with van der Waals surface area (Å²) in [6, 6.07) is 12.7. The average molecular weight is 256 g/mol. The molecule has 2 aromatic rings. The summed E-state index contributed by atoms with van der Waals surface area (Å²) in [4.78, 5) is 4.03. The van der Waals surface area contributed by atoms with Crippen LogP contribution in [0.2, 0.25) is 0 Å². The minimum atomic E-state index is 0.348. The fraction of sp³-hybridized carbons (Fsp3) is 0.312. The summed E-state index contributed by atoms with van der Waals surface area (Å²) in [5, 5.41) is 3.52. The third-order valence-corrected chi connectivity index (χ3v) is 3.23. The van der Waals surface area contributed by atoms with Crippen molar-refractivity contribution in [3.05, 3.63) is 59.9 Å². The van der Waals surface area contributed by atoms with Gasteiger partial charge in [-0.25, -0.2) is 0 Å². The molecular formula is C16H20N2O. The van der Waals surface area contributed by atoms with Crippen LogP contribution >= 0.6 is 0 Å². The molecule has 1 aromatic carbocycles. The van der Waals surface area contributed by atoms with E-state index in [2.05, 4.69) is 29.4 Å². The summed E-state index contributed by atoms with van der Waals surface area (Å²) in [5.41, 5.74) is 2.58. The minimum Gasteiger partial charge on any atom is -0.497 e. The minimum absolute atomic E-state index is 0.348. The van der Waals surface area contributed by atoms with E-state index in [0.717, 1.165) is 18.7 Å². The lowest BCUT2D eigenvalue weighted by Crippen LogP contribution is -2.21. The second-order valence-electron chi connectivity index (χ2n) is 4.55. The van der Waals surface area contributed by atoms with Gasteiger partial charge in [-0.1, -0.05) is 12.1 Å². The molecule has 0 radical (unpaired) electrons. The van der Waals surface area contributed by atoms with Gasteiger partial charge in [-0.2, -0.15) is 0 Å². The highest BCUT2D eigenvalue weighted by Crippen LogP contribution is 2.13. The van der Waals surface area contributed by atoms with Gasteiger partial charge in [0, 0.05) is 18.4 Å². The van der Waals surface area contributed by atoms with Gasteiger partial charge in [0.05, 0.1) is 7.11 Å². The van der Waals surface area contributed by atoms with Crippen LogP contribution in [0.15, 0.2) is 48.8 Å². The van der Waals surface area contributed by atoms with Gasteiger partial charge in [-0.15, -0.1) is 0 Å². The average Bonchev–Trinajstić information content (AvgIpc) is 2.49. The van der Waals surface area contributed by atoms with Crippen molar-refractivity contribution < 1.29 is 4.74 Å². The first kappa shape index (κ1) is 13.6.